The van der Waals surface area contributed by atoms with Gasteiger partial charge in [0.1, 0.15) is 11.4 Å². The third kappa shape index (κ3) is 4.63. The minimum Gasteiger partial charge on any atom is -0.497 e. The normalized spacial score (nSPS) is 14.0. The van der Waals surface area contributed by atoms with Crippen LogP contribution in [0.4, 0.5) is 16.5 Å². The molecule has 0 unspecified atom stereocenters. The number of carbonyl (C=O) groups excluding carboxylic acids is 1. The highest BCUT2D eigenvalue weighted by atomic mass is 35.5. The number of piperazine rings is 1. The van der Waals surface area contributed by atoms with E-state index in [4.69, 9.17) is 16.3 Å². The summed E-state index contributed by atoms with van der Waals surface area (Å²) in [6.07, 6.45) is 0. The molecule has 1 amide bonds. The molecule has 8 heteroatoms. The second kappa shape index (κ2) is 8.71. The van der Waals surface area contributed by atoms with Gasteiger partial charge in [0.05, 0.1) is 7.11 Å². The van der Waals surface area contributed by atoms with E-state index in [2.05, 4.69) is 15.2 Å². The molecule has 1 aromatic heterocycles. The topological polar surface area (TPSA) is 57.7 Å². The third-order valence-corrected chi connectivity index (χ3v) is 5.80. The number of nitrogens with one attached hydrogen (secondary N) is 1. The van der Waals surface area contributed by atoms with Gasteiger partial charge in [0.25, 0.3) is 5.91 Å². The van der Waals surface area contributed by atoms with Crippen LogP contribution in [0.5, 0.6) is 5.75 Å². The number of amides is 1. The monoisotopic (exact) mass is 428 g/mol. The molecule has 1 fully saturated rings. The number of anilines is 3. The molecule has 0 radical (unpaired) electrons. The Hall–Kier alpha value is -2.77. The van der Waals surface area contributed by atoms with Crippen LogP contribution in [0.25, 0.3) is 0 Å². The van der Waals surface area contributed by atoms with Crippen molar-refractivity contribution in [3.8, 4) is 5.75 Å². The van der Waals surface area contributed by atoms with Gasteiger partial charge in [-0.05, 0) is 42.5 Å². The maximum atomic E-state index is 12.8. The Morgan fingerprint density at radius 2 is 1.90 bits per heavy atom. The number of nitrogens with zero attached hydrogens (tertiary/aromatic N) is 3. The van der Waals surface area contributed by atoms with Gasteiger partial charge in [-0.25, -0.2) is 4.98 Å². The van der Waals surface area contributed by atoms with Crippen molar-refractivity contribution in [1.29, 1.82) is 0 Å². The molecule has 1 saturated heterocycles. The first-order valence-electron chi connectivity index (χ1n) is 9.29. The molecule has 2 heterocycles. The van der Waals surface area contributed by atoms with Gasteiger partial charge in [0.15, 0.2) is 5.13 Å². The summed E-state index contributed by atoms with van der Waals surface area (Å²) >= 11 is 7.42. The van der Waals surface area contributed by atoms with Crippen LogP contribution in [0.15, 0.2) is 53.9 Å². The molecular formula is C21H21ClN4O2S. The number of carbonyl (C=O) groups is 1. The van der Waals surface area contributed by atoms with Crippen molar-refractivity contribution in [2.24, 2.45) is 0 Å². The minimum absolute atomic E-state index is 0.0326. The summed E-state index contributed by atoms with van der Waals surface area (Å²) in [5, 5.41) is 6.32. The lowest BCUT2D eigenvalue weighted by molar-refractivity contribution is 0.0742. The highest BCUT2D eigenvalue weighted by Crippen LogP contribution is 2.25. The fraction of sp³-hybridized carbons (Fsp3) is 0.238. The Bertz CT molecular complexity index is 984. The van der Waals surface area contributed by atoms with Crippen molar-refractivity contribution in [3.63, 3.8) is 0 Å². The predicted octanol–water partition coefficient (Wildman–Crippen LogP) is 4.51. The summed E-state index contributed by atoms with van der Waals surface area (Å²) in [4.78, 5) is 21.4. The number of methoxy groups -OCH3 is 1. The third-order valence-electron chi connectivity index (χ3n) is 4.80. The molecule has 0 spiro atoms. The Morgan fingerprint density at radius 3 is 2.59 bits per heavy atom. The molecule has 1 aliphatic rings. The Labute approximate surface area is 178 Å². The number of aromatic nitrogens is 1. The van der Waals surface area contributed by atoms with Crippen LogP contribution in [0, 0.1) is 0 Å². The van der Waals surface area contributed by atoms with Gasteiger partial charge in [0, 0.05) is 48.0 Å². The van der Waals surface area contributed by atoms with Crippen molar-refractivity contribution in [1.82, 2.24) is 9.88 Å². The predicted molar refractivity (Wildman–Crippen MR) is 118 cm³/mol. The lowest BCUT2D eigenvalue weighted by atomic mass is 10.2. The van der Waals surface area contributed by atoms with Gasteiger partial charge in [-0.2, -0.15) is 0 Å². The Kier molecular flexibility index (Phi) is 5.87. The molecule has 0 saturated carbocycles. The van der Waals surface area contributed by atoms with Crippen LogP contribution < -0.4 is 15.0 Å². The molecule has 29 heavy (non-hydrogen) atoms. The minimum atomic E-state index is -0.0326. The number of hydrogen-bond acceptors (Lipinski definition) is 6. The number of thiazole rings is 1. The van der Waals surface area contributed by atoms with E-state index in [-0.39, 0.29) is 5.91 Å². The van der Waals surface area contributed by atoms with Crippen molar-refractivity contribution < 1.29 is 9.53 Å². The maximum Gasteiger partial charge on any atom is 0.273 e. The average Bonchev–Trinajstić information content (AvgIpc) is 3.22. The lowest BCUT2D eigenvalue weighted by Gasteiger charge is -2.35. The molecule has 1 aliphatic heterocycles. The quantitative estimate of drug-likeness (QED) is 0.647. The van der Waals surface area contributed by atoms with Crippen molar-refractivity contribution in [2.75, 3.05) is 43.5 Å². The molecule has 0 atom stereocenters. The van der Waals surface area contributed by atoms with Crippen LogP contribution >= 0.6 is 22.9 Å². The van der Waals surface area contributed by atoms with Gasteiger partial charge in [-0.15, -0.1) is 11.3 Å². The van der Waals surface area contributed by atoms with Gasteiger partial charge >= 0.3 is 0 Å². The standard InChI is InChI=1S/C21H21ClN4O2S/c1-28-18-7-5-17(6-8-18)25-9-11-26(12-10-25)20(27)19-14-29-21(24-19)23-16-4-2-3-15(22)13-16/h2-8,13-14H,9-12H2,1H3,(H,23,24). The molecule has 2 aromatic carbocycles. The molecule has 1 N–H and O–H groups in total. The lowest BCUT2D eigenvalue weighted by Crippen LogP contribution is -2.48. The van der Waals surface area contributed by atoms with Crippen molar-refractivity contribution in [3.05, 3.63) is 64.6 Å². The van der Waals surface area contributed by atoms with Gasteiger partial charge in [-0.3, -0.25) is 4.79 Å². The summed E-state index contributed by atoms with van der Waals surface area (Å²) in [5.41, 5.74) is 2.45. The summed E-state index contributed by atoms with van der Waals surface area (Å²) in [7, 11) is 1.66. The first-order valence-corrected chi connectivity index (χ1v) is 10.5. The zero-order valence-corrected chi connectivity index (χ0v) is 17.5. The molecular weight excluding hydrogens is 408 g/mol. The summed E-state index contributed by atoms with van der Waals surface area (Å²) in [5.74, 6) is 0.808. The number of halogens is 1. The fourth-order valence-corrected chi connectivity index (χ4v) is 4.14. The van der Waals surface area contributed by atoms with Crippen LogP contribution in [0.2, 0.25) is 5.02 Å². The zero-order chi connectivity index (χ0) is 20.2. The summed E-state index contributed by atoms with van der Waals surface area (Å²) < 4.78 is 5.21. The number of ether oxygens (including phenoxy) is 1. The maximum absolute atomic E-state index is 12.8. The van der Waals surface area contributed by atoms with Crippen molar-refractivity contribution >= 4 is 45.4 Å². The summed E-state index contributed by atoms with van der Waals surface area (Å²) in [6, 6.07) is 15.4. The van der Waals surface area contributed by atoms with Gasteiger partial charge in [0.2, 0.25) is 0 Å². The van der Waals surface area contributed by atoms with E-state index in [9.17, 15) is 4.79 Å². The molecule has 3 aromatic rings. The Balaban J connectivity index is 1.35. The number of benzene rings is 2. The van der Waals surface area contributed by atoms with Crippen LogP contribution in [-0.4, -0.2) is 49.1 Å². The van der Waals surface area contributed by atoms with E-state index in [1.165, 1.54) is 11.3 Å². The molecule has 4 rings (SSSR count). The largest absolute Gasteiger partial charge is 0.497 e. The van der Waals surface area contributed by atoms with E-state index < -0.39 is 0 Å². The van der Waals surface area contributed by atoms with E-state index >= 15 is 0 Å². The van der Waals surface area contributed by atoms with Crippen LogP contribution in [-0.2, 0) is 0 Å². The smallest absolute Gasteiger partial charge is 0.273 e. The van der Waals surface area contributed by atoms with Gasteiger partial charge in [-0.1, -0.05) is 17.7 Å². The van der Waals surface area contributed by atoms with E-state index in [1.807, 2.05) is 53.4 Å². The highest BCUT2D eigenvalue weighted by molar-refractivity contribution is 7.14. The second-order valence-electron chi connectivity index (χ2n) is 6.65. The first-order chi connectivity index (χ1) is 14.1. The summed E-state index contributed by atoms with van der Waals surface area (Å²) in [6.45, 7) is 2.91. The Morgan fingerprint density at radius 1 is 1.14 bits per heavy atom. The molecule has 0 bridgehead atoms. The number of rotatable bonds is 5. The molecule has 6 nitrogen and oxygen atoms in total. The van der Waals surface area contributed by atoms with E-state index in [0.29, 0.717) is 28.9 Å². The van der Waals surface area contributed by atoms with Crippen molar-refractivity contribution in [2.45, 2.75) is 0 Å². The molecule has 0 aliphatic carbocycles. The average molecular weight is 429 g/mol. The van der Waals surface area contributed by atoms with E-state index in [0.717, 1.165) is 30.2 Å². The van der Waals surface area contributed by atoms with Crippen LogP contribution in [0.1, 0.15) is 10.5 Å². The number of hydrogen-bond donors (Lipinski definition) is 1. The fourth-order valence-electron chi connectivity index (χ4n) is 3.24. The SMILES string of the molecule is COc1ccc(N2CCN(C(=O)c3csc(Nc4cccc(Cl)c4)n3)CC2)cc1. The second-order valence-corrected chi connectivity index (χ2v) is 7.95. The highest BCUT2D eigenvalue weighted by Gasteiger charge is 2.24. The van der Waals surface area contributed by atoms with E-state index in [1.54, 1.807) is 12.5 Å². The zero-order valence-electron chi connectivity index (χ0n) is 16.0. The van der Waals surface area contributed by atoms with Gasteiger partial charge < -0.3 is 19.9 Å². The van der Waals surface area contributed by atoms with Crippen LogP contribution in [0.3, 0.4) is 0 Å². The molecule has 150 valence electrons. The first kappa shape index (κ1) is 19.5.